The van der Waals surface area contributed by atoms with Crippen molar-refractivity contribution in [3.05, 3.63) is 48.0 Å². The molecule has 1 aromatic carbocycles. The second-order valence-electron chi connectivity index (χ2n) is 5.53. The van der Waals surface area contributed by atoms with Gasteiger partial charge in [0.1, 0.15) is 17.3 Å². The fourth-order valence-electron chi connectivity index (χ4n) is 2.78. The minimum absolute atomic E-state index is 0.328. The normalized spacial score (nSPS) is 13.2. The summed E-state index contributed by atoms with van der Waals surface area (Å²) in [6, 6.07) is 6.01. The van der Waals surface area contributed by atoms with Gasteiger partial charge in [0.15, 0.2) is 0 Å². The molecular weight excluding hydrogens is 311 g/mol. The van der Waals surface area contributed by atoms with Gasteiger partial charge in [-0.3, -0.25) is 9.89 Å². The number of nitrogens with one attached hydrogen (secondary N) is 3. The number of H-pyrrole nitrogens is 1. The Labute approximate surface area is 136 Å². The van der Waals surface area contributed by atoms with Crippen LogP contribution >= 0.6 is 0 Å². The van der Waals surface area contributed by atoms with Crippen LogP contribution < -0.4 is 10.6 Å². The molecule has 0 saturated heterocycles. The lowest BCUT2D eigenvalue weighted by molar-refractivity contribution is 0.102. The Kier molecular flexibility index (Phi) is 3.49. The third kappa shape index (κ3) is 2.51. The summed E-state index contributed by atoms with van der Waals surface area (Å²) >= 11 is 0. The summed E-state index contributed by atoms with van der Waals surface area (Å²) in [5, 5.41) is 17.0. The van der Waals surface area contributed by atoms with Crippen molar-refractivity contribution in [1.29, 1.82) is 0 Å². The van der Waals surface area contributed by atoms with Gasteiger partial charge in [0.25, 0.3) is 5.91 Å². The lowest BCUT2D eigenvalue weighted by Gasteiger charge is -2.17. The van der Waals surface area contributed by atoms with Crippen LogP contribution in [0.3, 0.4) is 0 Å². The number of carbonyl (C=O) groups is 1. The lowest BCUT2D eigenvalue weighted by atomic mass is 10.1. The van der Waals surface area contributed by atoms with E-state index in [4.69, 9.17) is 0 Å². The molecule has 0 bridgehead atoms. The Bertz CT molecular complexity index is 900. The van der Waals surface area contributed by atoms with Crippen molar-refractivity contribution >= 4 is 17.4 Å². The molecule has 3 aromatic rings. The van der Waals surface area contributed by atoms with Crippen molar-refractivity contribution in [3.63, 3.8) is 0 Å². The number of aromatic nitrogens is 4. The summed E-state index contributed by atoms with van der Waals surface area (Å²) < 4.78 is 15.3. The molecule has 7 nitrogen and oxygen atoms in total. The lowest BCUT2D eigenvalue weighted by Crippen LogP contribution is -2.19. The Morgan fingerprint density at radius 3 is 3.12 bits per heavy atom. The highest BCUT2D eigenvalue weighted by molar-refractivity contribution is 6.09. The van der Waals surface area contributed by atoms with E-state index in [1.807, 2.05) is 4.68 Å². The van der Waals surface area contributed by atoms with Crippen molar-refractivity contribution in [1.82, 2.24) is 20.0 Å². The van der Waals surface area contributed by atoms with Gasteiger partial charge in [-0.25, -0.2) is 9.07 Å². The van der Waals surface area contributed by atoms with E-state index in [0.717, 1.165) is 25.3 Å². The number of rotatable bonds is 3. The first-order valence-electron chi connectivity index (χ1n) is 7.63. The second-order valence-corrected chi connectivity index (χ2v) is 5.53. The second kappa shape index (κ2) is 5.80. The van der Waals surface area contributed by atoms with E-state index in [1.165, 1.54) is 18.3 Å². The van der Waals surface area contributed by atoms with Crippen LogP contribution in [0.15, 0.2) is 36.7 Å². The van der Waals surface area contributed by atoms with Crippen LogP contribution in [-0.2, 0) is 6.54 Å². The van der Waals surface area contributed by atoms with Gasteiger partial charge in [-0.15, -0.1) is 0 Å². The molecule has 0 radical (unpaired) electrons. The highest BCUT2D eigenvalue weighted by Crippen LogP contribution is 2.27. The third-order valence-corrected chi connectivity index (χ3v) is 3.92. The summed E-state index contributed by atoms with van der Waals surface area (Å²) in [7, 11) is 0. The van der Waals surface area contributed by atoms with Crippen LogP contribution in [0.5, 0.6) is 0 Å². The van der Waals surface area contributed by atoms with E-state index >= 15 is 0 Å². The topological polar surface area (TPSA) is 87.6 Å². The van der Waals surface area contributed by atoms with E-state index in [1.54, 1.807) is 18.3 Å². The third-order valence-electron chi connectivity index (χ3n) is 3.92. The Morgan fingerprint density at radius 1 is 1.33 bits per heavy atom. The van der Waals surface area contributed by atoms with Gasteiger partial charge >= 0.3 is 0 Å². The monoisotopic (exact) mass is 326 g/mol. The van der Waals surface area contributed by atoms with Gasteiger partial charge in [0.05, 0.1) is 23.7 Å². The minimum atomic E-state index is -0.372. The van der Waals surface area contributed by atoms with E-state index in [-0.39, 0.29) is 11.7 Å². The quantitative estimate of drug-likeness (QED) is 0.690. The number of nitrogens with zero attached hydrogens (tertiary/aromatic N) is 3. The molecule has 1 aliphatic heterocycles. The summed E-state index contributed by atoms with van der Waals surface area (Å²) in [6.07, 6.45) is 4.04. The van der Waals surface area contributed by atoms with Crippen molar-refractivity contribution in [2.45, 2.75) is 13.0 Å². The van der Waals surface area contributed by atoms with Crippen LogP contribution in [-0.4, -0.2) is 32.4 Å². The zero-order valence-electron chi connectivity index (χ0n) is 12.7. The molecule has 1 aliphatic rings. The Morgan fingerprint density at radius 2 is 2.25 bits per heavy atom. The van der Waals surface area contributed by atoms with Crippen LogP contribution in [0.1, 0.15) is 16.8 Å². The van der Waals surface area contributed by atoms with Gasteiger partial charge in [-0.1, -0.05) is 12.1 Å². The molecule has 3 N–H and O–H groups in total. The molecule has 0 unspecified atom stereocenters. The van der Waals surface area contributed by atoms with E-state index in [2.05, 4.69) is 25.9 Å². The molecule has 8 heteroatoms. The number of hydrogen-bond donors (Lipinski definition) is 3. The maximum Gasteiger partial charge on any atom is 0.259 e. The van der Waals surface area contributed by atoms with Crippen LogP contribution in [0.25, 0.3) is 11.3 Å². The number of halogens is 1. The summed E-state index contributed by atoms with van der Waals surface area (Å²) in [6.45, 7) is 1.66. The molecule has 1 amide bonds. The van der Waals surface area contributed by atoms with Gasteiger partial charge in [-0.2, -0.15) is 10.2 Å². The highest BCUT2D eigenvalue weighted by Gasteiger charge is 2.20. The molecule has 0 fully saturated rings. The average molecular weight is 326 g/mol. The molecule has 3 heterocycles. The number of aryl methyl sites for hydroxylation is 1. The van der Waals surface area contributed by atoms with Gasteiger partial charge in [-0.05, 0) is 18.6 Å². The van der Waals surface area contributed by atoms with E-state index in [9.17, 15) is 9.18 Å². The van der Waals surface area contributed by atoms with Gasteiger partial charge < -0.3 is 10.6 Å². The fraction of sp³-hybridized carbons (Fsp3) is 0.188. The molecule has 2 aromatic heterocycles. The Hall–Kier alpha value is -3.16. The summed E-state index contributed by atoms with van der Waals surface area (Å²) in [5.74, 6) is 0.0972. The predicted molar refractivity (Wildman–Crippen MR) is 87.3 cm³/mol. The maximum atomic E-state index is 13.4. The number of hydrogen-bond acceptors (Lipinski definition) is 4. The summed E-state index contributed by atoms with van der Waals surface area (Å²) in [4.78, 5) is 12.6. The van der Waals surface area contributed by atoms with E-state index in [0.29, 0.717) is 22.5 Å². The standard InChI is InChI=1S/C16H15FN6O/c17-11-4-1-3-10(7-11)14-12(8-19-22-14)16(24)21-13-9-20-23-6-2-5-18-15(13)23/h1,3-4,7-9,18H,2,5-6H2,(H,19,22)(H,21,24). The first-order valence-corrected chi connectivity index (χ1v) is 7.63. The highest BCUT2D eigenvalue weighted by atomic mass is 19.1. The average Bonchev–Trinajstić information content (AvgIpc) is 3.22. The zero-order chi connectivity index (χ0) is 16.5. The summed E-state index contributed by atoms with van der Waals surface area (Å²) in [5.41, 5.74) is 2.00. The van der Waals surface area contributed by atoms with Crippen LogP contribution in [0.4, 0.5) is 15.9 Å². The largest absolute Gasteiger partial charge is 0.368 e. The number of amides is 1. The number of benzene rings is 1. The van der Waals surface area contributed by atoms with Crippen LogP contribution in [0.2, 0.25) is 0 Å². The molecule has 122 valence electrons. The number of carbonyl (C=O) groups excluding carboxylic acids is 1. The minimum Gasteiger partial charge on any atom is -0.368 e. The number of anilines is 2. The number of aromatic amines is 1. The van der Waals surface area contributed by atoms with Gasteiger partial charge in [0.2, 0.25) is 0 Å². The maximum absolute atomic E-state index is 13.4. The van der Waals surface area contributed by atoms with Crippen molar-refractivity contribution in [3.8, 4) is 11.3 Å². The fourth-order valence-corrected chi connectivity index (χ4v) is 2.78. The molecule has 24 heavy (non-hydrogen) atoms. The van der Waals surface area contributed by atoms with Crippen LogP contribution in [0, 0.1) is 5.82 Å². The number of fused-ring (bicyclic) bond motifs is 1. The van der Waals surface area contributed by atoms with Crippen molar-refractivity contribution < 1.29 is 9.18 Å². The smallest absolute Gasteiger partial charge is 0.259 e. The zero-order valence-corrected chi connectivity index (χ0v) is 12.7. The van der Waals surface area contributed by atoms with Gasteiger partial charge in [0, 0.05) is 18.7 Å². The predicted octanol–water partition coefficient (Wildman–Crippen LogP) is 2.48. The SMILES string of the molecule is O=C(Nc1cnn2c1NCCC2)c1cn[nH]c1-c1cccc(F)c1. The first-order chi connectivity index (χ1) is 11.7. The first kappa shape index (κ1) is 14.4. The van der Waals surface area contributed by atoms with E-state index < -0.39 is 0 Å². The van der Waals surface area contributed by atoms with Crippen molar-refractivity contribution in [2.24, 2.45) is 0 Å². The van der Waals surface area contributed by atoms with Crippen molar-refractivity contribution in [2.75, 3.05) is 17.2 Å². The molecule has 0 spiro atoms. The molecular formula is C16H15FN6O. The molecule has 0 aliphatic carbocycles. The molecule has 4 rings (SSSR count). The Balaban J connectivity index is 1.62. The molecule has 0 atom stereocenters. The molecule has 0 saturated carbocycles.